The second-order valence-electron chi connectivity index (χ2n) is 10.3. The number of halogens is 1. The van der Waals surface area contributed by atoms with Gasteiger partial charge in [0, 0.05) is 31.0 Å². The summed E-state index contributed by atoms with van der Waals surface area (Å²) >= 11 is 0. The SMILES string of the molecule is COc1cc2c(c(F)c1OC)C(=N)N(CC(=O)c1cc(NC(C)=O)c(OCCCC(=O)O)c(C(C)(C)C)c1)C2. The fourth-order valence-corrected chi connectivity index (χ4v) is 4.41. The second kappa shape index (κ2) is 11.7. The summed E-state index contributed by atoms with van der Waals surface area (Å²) in [5.74, 6) is -2.07. The van der Waals surface area contributed by atoms with Crippen molar-refractivity contribution in [1.82, 2.24) is 4.90 Å². The van der Waals surface area contributed by atoms with Gasteiger partial charge in [-0.25, -0.2) is 4.39 Å². The highest BCUT2D eigenvalue weighted by atomic mass is 19.1. The molecule has 210 valence electrons. The summed E-state index contributed by atoms with van der Waals surface area (Å²) in [7, 11) is 2.70. The smallest absolute Gasteiger partial charge is 0.303 e. The highest BCUT2D eigenvalue weighted by Crippen LogP contribution is 2.40. The third-order valence-corrected chi connectivity index (χ3v) is 6.25. The number of nitrogens with one attached hydrogen (secondary N) is 2. The van der Waals surface area contributed by atoms with Gasteiger partial charge in [0.15, 0.2) is 23.1 Å². The first-order valence-corrected chi connectivity index (χ1v) is 12.4. The molecule has 1 aliphatic heterocycles. The van der Waals surface area contributed by atoms with Gasteiger partial charge in [-0.1, -0.05) is 20.8 Å². The molecule has 0 unspecified atom stereocenters. The van der Waals surface area contributed by atoms with Crippen molar-refractivity contribution in [2.75, 3.05) is 32.7 Å². The Morgan fingerprint density at radius 3 is 2.38 bits per heavy atom. The Morgan fingerprint density at radius 1 is 1.13 bits per heavy atom. The number of benzene rings is 2. The van der Waals surface area contributed by atoms with Crippen molar-refractivity contribution in [3.8, 4) is 17.2 Å². The normalized spacial score (nSPS) is 12.7. The lowest BCUT2D eigenvalue weighted by Gasteiger charge is -2.26. The van der Waals surface area contributed by atoms with E-state index in [9.17, 15) is 14.4 Å². The molecular formula is C28H34FN3O7. The van der Waals surface area contributed by atoms with Crippen LogP contribution in [0.3, 0.4) is 0 Å². The zero-order valence-corrected chi connectivity index (χ0v) is 23.0. The quantitative estimate of drug-likeness (QED) is 0.281. The van der Waals surface area contributed by atoms with E-state index in [-0.39, 0.29) is 78.4 Å². The van der Waals surface area contributed by atoms with Gasteiger partial charge in [-0.2, -0.15) is 0 Å². The Kier molecular flexibility index (Phi) is 8.83. The molecule has 0 fully saturated rings. The zero-order valence-electron chi connectivity index (χ0n) is 23.0. The van der Waals surface area contributed by atoms with Gasteiger partial charge in [-0.3, -0.25) is 19.8 Å². The number of hydrogen-bond acceptors (Lipinski definition) is 7. The third-order valence-electron chi connectivity index (χ3n) is 6.25. The Balaban J connectivity index is 1.94. The molecule has 0 spiro atoms. The number of ketones is 1. The van der Waals surface area contributed by atoms with E-state index < -0.39 is 17.2 Å². The molecule has 2 aromatic rings. The summed E-state index contributed by atoms with van der Waals surface area (Å²) in [5, 5.41) is 20.2. The van der Waals surface area contributed by atoms with Crippen molar-refractivity contribution < 1.29 is 38.1 Å². The lowest BCUT2D eigenvalue weighted by molar-refractivity contribution is -0.137. The first-order valence-electron chi connectivity index (χ1n) is 12.4. The fraction of sp³-hybridized carbons (Fsp3) is 0.429. The van der Waals surface area contributed by atoms with Crippen molar-refractivity contribution in [1.29, 1.82) is 5.41 Å². The number of nitrogens with zero attached hydrogens (tertiary/aromatic N) is 1. The van der Waals surface area contributed by atoms with Crippen LogP contribution in [0.25, 0.3) is 0 Å². The molecule has 0 saturated carbocycles. The Bertz CT molecular complexity index is 1320. The number of aliphatic carboxylic acids is 1. The van der Waals surface area contributed by atoms with Crippen LogP contribution < -0.4 is 19.5 Å². The lowest BCUT2D eigenvalue weighted by Crippen LogP contribution is -2.31. The van der Waals surface area contributed by atoms with Crippen molar-refractivity contribution in [2.45, 2.75) is 52.5 Å². The third kappa shape index (κ3) is 6.47. The molecular weight excluding hydrogens is 509 g/mol. The number of carbonyl (C=O) groups excluding carboxylic acids is 2. The minimum absolute atomic E-state index is 0.0554. The molecule has 3 rings (SSSR count). The molecule has 3 N–H and O–H groups in total. The van der Waals surface area contributed by atoms with Gasteiger partial charge in [0.1, 0.15) is 11.6 Å². The first-order chi connectivity index (χ1) is 18.3. The summed E-state index contributed by atoms with van der Waals surface area (Å²) in [6.45, 7) is 7.14. The van der Waals surface area contributed by atoms with Gasteiger partial charge in [0.05, 0.1) is 38.6 Å². The van der Waals surface area contributed by atoms with Gasteiger partial charge in [0.2, 0.25) is 5.91 Å². The molecule has 1 heterocycles. The van der Waals surface area contributed by atoms with Gasteiger partial charge >= 0.3 is 5.97 Å². The monoisotopic (exact) mass is 543 g/mol. The van der Waals surface area contributed by atoms with Crippen LogP contribution in [-0.4, -0.2) is 60.9 Å². The van der Waals surface area contributed by atoms with Crippen molar-refractivity contribution in [2.24, 2.45) is 0 Å². The van der Waals surface area contributed by atoms with Crippen LogP contribution in [-0.2, 0) is 21.5 Å². The van der Waals surface area contributed by atoms with Gasteiger partial charge in [0.25, 0.3) is 0 Å². The maximum atomic E-state index is 15.1. The average Bonchev–Trinajstić information content (AvgIpc) is 3.15. The summed E-state index contributed by atoms with van der Waals surface area (Å²) in [4.78, 5) is 37.8. The number of methoxy groups -OCH3 is 2. The number of carboxylic acid groups (broad SMARTS) is 1. The van der Waals surface area contributed by atoms with E-state index in [1.54, 1.807) is 12.1 Å². The maximum Gasteiger partial charge on any atom is 0.303 e. The summed E-state index contributed by atoms with van der Waals surface area (Å²) in [5.41, 5.74) is 1.27. The number of ether oxygens (including phenoxy) is 3. The van der Waals surface area contributed by atoms with E-state index in [1.165, 1.54) is 32.1 Å². The number of amidine groups is 1. The van der Waals surface area contributed by atoms with E-state index >= 15 is 4.39 Å². The van der Waals surface area contributed by atoms with E-state index in [1.807, 2.05) is 20.8 Å². The van der Waals surface area contributed by atoms with Gasteiger partial charge in [-0.05, 0) is 35.6 Å². The van der Waals surface area contributed by atoms with Crippen LogP contribution in [0.2, 0.25) is 0 Å². The molecule has 11 heteroatoms. The predicted octanol–water partition coefficient (Wildman–Crippen LogP) is 4.37. The number of amides is 1. The van der Waals surface area contributed by atoms with E-state index in [0.29, 0.717) is 16.9 Å². The maximum absolute atomic E-state index is 15.1. The summed E-state index contributed by atoms with van der Waals surface area (Å²) < 4.78 is 31.4. The molecule has 0 aromatic heterocycles. The Morgan fingerprint density at radius 2 is 1.82 bits per heavy atom. The molecule has 0 radical (unpaired) electrons. The largest absolute Gasteiger partial charge is 0.493 e. The lowest BCUT2D eigenvalue weighted by atomic mass is 9.84. The molecule has 0 aliphatic carbocycles. The minimum Gasteiger partial charge on any atom is -0.493 e. The van der Waals surface area contributed by atoms with Crippen molar-refractivity contribution >= 4 is 29.2 Å². The van der Waals surface area contributed by atoms with Crippen LogP contribution in [0.5, 0.6) is 17.2 Å². The number of rotatable bonds is 11. The average molecular weight is 544 g/mol. The van der Waals surface area contributed by atoms with Crippen LogP contribution >= 0.6 is 0 Å². The van der Waals surface area contributed by atoms with Crippen LogP contribution in [0.1, 0.15) is 67.6 Å². The van der Waals surface area contributed by atoms with Crippen LogP contribution in [0, 0.1) is 11.2 Å². The van der Waals surface area contributed by atoms with Gasteiger partial charge in [-0.15, -0.1) is 0 Å². The van der Waals surface area contributed by atoms with Gasteiger partial charge < -0.3 is 29.5 Å². The predicted molar refractivity (Wildman–Crippen MR) is 143 cm³/mol. The number of anilines is 1. The number of fused-ring (bicyclic) bond motifs is 1. The number of hydrogen-bond donors (Lipinski definition) is 3. The van der Waals surface area contributed by atoms with Crippen LogP contribution in [0.15, 0.2) is 18.2 Å². The van der Waals surface area contributed by atoms with E-state index in [4.69, 9.17) is 24.7 Å². The molecule has 0 bridgehead atoms. The van der Waals surface area contributed by atoms with Crippen molar-refractivity contribution in [3.05, 3.63) is 46.3 Å². The van der Waals surface area contributed by atoms with E-state index in [0.717, 1.165) is 0 Å². The first kappa shape index (κ1) is 29.4. The zero-order chi connectivity index (χ0) is 29.1. The molecule has 1 aliphatic rings. The molecule has 10 nitrogen and oxygen atoms in total. The molecule has 1 amide bonds. The van der Waals surface area contributed by atoms with Crippen molar-refractivity contribution in [3.63, 3.8) is 0 Å². The summed E-state index contributed by atoms with van der Waals surface area (Å²) in [6, 6.07) is 4.78. The fourth-order valence-electron chi connectivity index (χ4n) is 4.41. The molecule has 2 aromatic carbocycles. The number of carboxylic acids is 1. The number of Topliss-reactive ketones (excluding diaryl/α,β-unsaturated/α-hetero) is 1. The van der Waals surface area contributed by atoms with E-state index in [2.05, 4.69) is 5.32 Å². The summed E-state index contributed by atoms with van der Waals surface area (Å²) in [6.07, 6.45) is 0.197. The molecule has 0 atom stereocenters. The Labute approximate surface area is 226 Å². The highest BCUT2D eigenvalue weighted by Gasteiger charge is 2.33. The Hall–Kier alpha value is -4.15. The minimum atomic E-state index is -0.941. The molecule has 0 saturated heterocycles. The number of carbonyl (C=O) groups is 3. The second-order valence-corrected chi connectivity index (χ2v) is 10.3. The highest BCUT2D eigenvalue weighted by molar-refractivity contribution is 6.06. The topological polar surface area (TPSA) is 138 Å². The van der Waals surface area contributed by atoms with Crippen LogP contribution in [0.4, 0.5) is 10.1 Å². The molecule has 39 heavy (non-hydrogen) atoms. The standard InChI is InChI=1S/C28H34FN3O7/c1-15(33)31-19-11-16(10-18(28(2,3)4)25(19)39-9-7-8-22(35)36)20(34)14-32-13-17-12-21(37-5)26(38-6)24(29)23(17)27(32)30/h10-12,30H,7-9,13-14H2,1-6H3,(H,31,33)(H,35,36).